The highest BCUT2D eigenvalue weighted by Crippen LogP contribution is 2.38. The Morgan fingerprint density at radius 3 is 2.04 bits per heavy atom. The number of aromatic nitrogens is 1. The lowest BCUT2D eigenvalue weighted by Crippen LogP contribution is -2.19. The molecular formula is C23H18N2O2S. The second-order valence-electron chi connectivity index (χ2n) is 6.08. The maximum absolute atomic E-state index is 12.3. The van der Waals surface area contributed by atoms with Crippen molar-refractivity contribution >= 4 is 22.4 Å². The van der Waals surface area contributed by atoms with Crippen LogP contribution in [0.1, 0.15) is 0 Å². The number of thiazole rings is 1. The van der Waals surface area contributed by atoms with E-state index in [9.17, 15) is 4.79 Å². The molecule has 0 bridgehead atoms. The van der Waals surface area contributed by atoms with E-state index in [-0.39, 0.29) is 12.5 Å². The Balaban J connectivity index is 1.56. The van der Waals surface area contributed by atoms with Crippen molar-refractivity contribution in [2.75, 3.05) is 11.9 Å². The number of nitrogens with one attached hydrogen (secondary N) is 1. The number of para-hydroxylation sites is 1. The standard InChI is InChI=1S/C23H18N2O2S/c26-20(16-27-19-14-8-3-9-15-19)24-23-25-21(17-10-4-1-5-11-17)22(28-23)18-12-6-2-7-13-18/h1-15H,16H2,(H,24,25,26). The predicted octanol–water partition coefficient (Wildman–Crippen LogP) is 5.49. The van der Waals surface area contributed by atoms with Crippen molar-refractivity contribution in [3.8, 4) is 27.4 Å². The molecule has 0 radical (unpaired) electrons. The normalized spacial score (nSPS) is 10.4. The van der Waals surface area contributed by atoms with Gasteiger partial charge in [-0.2, -0.15) is 0 Å². The molecule has 1 aromatic heterocycles. The molecule has 0 aliphatic heterocycles. The molecule has 0 aliphatic rings. The molecule has 5 heteroatoms. The van der Waals surface area contributed by atoms with Crippen LogP contribution in [0.15, 0.2) is 91.0 Å². The number of ether oxygens (including phenoxy) is 1. The van der Waals surface area contributed by atoms with E-state index in [4.69, 9.17) is 4.74 Å². The van der Waals surface area contributed by atoms with Crippen LogP contribution in [-0.2, 0) is 4.79 Å². The first-order valence-corrected chi connectivity index (χ1v) is 9.70. The summed E-state index contributed by atoms with van der Waals surface area (Å²) >= 11 is 1.46. The monoisotopic (exact) mass is 386 g/mol. The van der Waals surface area contributed by atoms with Gasteiger partial charge in [-0.15, -0.1) is 0 Å². The van der Waals surface area contributed by atoms with Crippen molar-refractivity contribution in [3.63, 3.8) is 0 Å². The average molecular weight is 386 g/mol. The number of hydrogen-bond donors (Lipinski definition) is 1. The van der Waals surface area contributed by atoms with Crippen LogP contribution in [0.2, 0.25) is 0 Å². The highest BCUT2D eigenvalue weighted by atomic mass is 32.1. The molecule has 0 atom stereocenters. The first-order chi connectivity index (χ1) is 13.8. The van der Waals surface area contributed by atoms with Crippen LogP contribution in [0.25, 0.3) is 21.7 Å². The van der Waals surface area contributed by atoms with E-state index < -0.39 is 0 Å². The van der Waals surface area contributed by atoms with Crippen molar-refractivity contribution in [1.29, 1.82) is 0 Å². The minimum absolute atomic E-state index is 0.0645. The molecule has 4 rings (SSSR count). The molecule has 0 spiro atoms. The first-order valence-electron chi connectivity index (χ1n) is 8.89. The smallest absolute Gasteiger partial charge is 0.264 e. The van der Waals surface area contributed by atoms with E-state index in [1.54, 1.807) is 0 Å². The van der Waals surface area contributed by atoms with Crippen LogP contribution in [0, 0.1) is 0 Å². The zero-order valence-corrected chi connectivity index (χ0v) is 15.9. The molecule has 1 heterocycles. The largest absolute Gasteiger partial charge is 0.484 e. The van der Waals surface area contributed by atoms with Crippen molar-refractivity contribution in [2.45, 2.75) is 0 Å². The highest BCUT2D eigenvalue weighted by Gasteiger charge is 2.16. The molecule has 4 aromatic rings. The maximum atomic E-state index is 12.3. The summed E-state index contributed by atoms with van der Waals surface area (Å²) in [5.41, 5.74) is 2.94. The fourth-order valence-electron chi connectivity index (χ4n) is 2.77. The van der Waals surface area contributed by atoms with Gasteiger partial charge in [-0.25, -0.2) is 4.98 Å². The van der Waals surface area contributed by atoms with Gasteiger partial charge in [0.15, 0.2) is 11.7 Å². The number of carbonyl (C=O) groups excluding carboxylic acids is 1. The molecule has 3 aromatic carbocycles. The number of benzene rings is 3. The Morgan fingerprint density at radius 2 is 1.39 bits per heavy atom. The van der Waals surface area contributed by atoms with Gasteiger partial charge in [0, 0.05) is 5.56 Å². The third kappa shape index (κ3) is 4.27. The fourth-order valence-corrected chi connectivity index (χ4v) is 3.78. The molecular weight excluding hydrogens is 368 g/mol. The van der Waals surface area contributed by atoms with Gasteiger partial charge in [0.1, 0.15) is 5.75 Å². The van der Waals surface area contributed by atoms with Crippen molar-refractivity contribution in [1.82, 2.24) is 4.98 Å². The number of rotatable bonds is 6. The predicted molar refractivity (Wildman–Crippen MR) is 114 cm³/mol. The van der Waals surface area contributed by atoms with Crippen molar-refractivity contribution < 1.29 is 9.53 Å². The zero-order valence-electron chi connectivity index (χ0n) is 15.0. The highest BCUT2D eigenvalue weighted by molar-refractivity contribution is 7.19. The Kier molecular flexibility index (Phi) is 5.45. The summed E-state index contributed by atoms with van der Waals surface area (Å²) in [6.07, 6.45) is 0. The third-order valence-electron chi connectivity index (χ3n) is 4.07. The van der Waals surface area contributed by atoms with Gasteiger partial charge in [-0.1, -0.05) is 90.2 Å². The number of hydrogen-bond acceptors (Lipinski definition) is 4. The molecule has 28 heavy (non-hydrogen) atoms. The van der Waals surface area contributed by atoms with Crippen LogP contribution >= 0.6 is 11.3 Å². The summed E-state index contributed by atoms with van der Waals surface area (Å²) < 4.78 is 5.51. The SMILES string of the molecule is O=C(COc1ccccc1)Nc1nc(-c2ccccc2)c(-c2ccccc2)s1. The van der Waals surface area contributed by atoms with Gasteiger partial charge in [0.2, 0.25) is 0 Å². The van der Waals surface area contributed by atoms with Gasteiger partial charge in [0.05, 0.1) is 10.6 Å². The van der Waals surface area contributed by atoms with E-state index in [0.717, 1.165) is 21.7 Å². The van der Waals surface area contributed by atoms with Crippen LogP contribution in [-0.4, -0.2) is 17.5 Å². The van der Waals surface area contributed by atoms with Crippen molar-refractivity contribution in [2.24, 2.45) is 0 Å². The lowest BCUT2D eigenvalue weighted by molar-refractivity contribution is -0.118. The van der Waals surface area contributed by atoms with E-state index in [1.165, 1.54) is 11.3 Å². The Morgan fingerprint density at radius 1 is 0.821 bits per heavy atom. The number of nitrogens with zero attached hydrogens (tertiary/aromatic N) is 1. The Hall–Kier alpha value is -3.44. The van der Waals surface area contributed by atoms with Gasteiger partial charge in [-0.3, -0.25) is 10.1 Å². The second kappa shape index (κ2) is 8.50. The lowest BCUT2D eigenvalue weighted by Gasteiger charge is -2.05. The van der Waals surface area contributed by atoms with Gasteiger partial charge in [0.25, 0.3) is 5.91 Å². The first kappa shape index (κ1) is 17.9. The summed E-state index contributed by atoms with van der Waals surface area (Å²) in [6.45, 7) is -0.0645. The summed E-state index contributed by atoms with van der Waals surface area (Å²) in [6, 6.07) is 29.3. The van der Waals surface area contributed by atoms with Crippen molar-refractivity contribution in [3.05, 3.63) is 91.0 Å². The molecule has 0 unspecified atom stereocenters. The Bertz CT molecular complexity index is 991. The molecule has 0 saturated heterocycles. The van der Waals surface area contributed by atoms with E-state index in [1.807, 2.05) is 91.0 Å². The van der Waals surface area contributed by atoms with Crippen LogP contribution in [0.4, 0.5) is 5.13 Å². The molecule has 1 amide bonds. The fraction of sp³-hybridized carbons (Fsp3) is 0.0435. The van der Waals surface area contributed by atoms with Gasteiger partial charge in [-0.05, 0) is 17.7 Å². The average Bonchev–Trinajstić information content (AvgIpc) is 3.18. The molecule has 0 aliphatic carbocycles. The topological polar surface area (TPSA) is 51.2 Å². The zero-order chi connectivity index (χ0) is 19.2. The Labute approximate surface area is 167 Å². The van der Waals surface area contributed by atoms with Crippen LogP contribution in [0.5, 0.6) is 5.75 Å². The summed E-state index contributed by atoms with van der Waals surface area (Å²) in [5.74, 6) is 0.420. The lowest BCUT2D eigenvalue weighted by atomic mass is 10.1. The third-order valence-corrected chi connectivity index (χ3v) is 5.09. The number of anilines is 1. The number of amides is 1. The molecule has 0 fully saturated rings. The molecule has 1 N–H and O–H groups in total. The second-order valence-corrected chi connectivity index (χ2v) is 7.08. The minimum atomic E-state index is -0.239. The van der Waals surface area contributed by atoms with Crippen LogP contribution < -0.4 is 10.1 Å². The maximum Gasteiger partial charge on any atom is 0.264 e. The van der Waals surface area contributed by atoms with Gasteiger partial charge >= 0.3 is 0 Å². The van der Waals surface area contributed by atoms with Crippen LogP contribution in [0.3, 0.4) is 0 Å². The minimum Gasteiger partial charge on any atom is -0.484 e. The summed E-state index contributed by atoms with van der Waals surface area (Å²) in [7, 11) is 0. The summed E-state index contributed by atoms with van der Waals surface area (Å²) in [5, 5.41) is 3.41. The summed E-state index contributed by atoms with van der Waals surface area (Å²) in [4.78, 5) is 18.0. The molecule has 0 saturated carbocycles. The van der Waals surface area contributed by atoms with E-state index in [2.05, 4.69) is 10.3 Å². The van der Waals surface area contributed by atoms with E-state index in [0.29, 0.717) is 10.9 Å². The van der Waals surface area contributed by atoms with Gasteiger partial charge < -0.3 is 4.74 Å². The molecule has 4 nitrogen and oxygen atoms in total. The molecule has 138 valence electrons. The number of carbonyl (C=O) groups is 1. The van der Waals surface area contributed by atoms with E-state index >= 15 is 0 Å². The quantitative estimate of drug-likeness (QED) is 0.476.